The molecular weight excluding hydrogens is 292 g/mol. The molecule has 0 bridgehead atoms. The second-order valence-electron chi connectivity index (χ2n) is 6.31. The van der Waals surface area contributed by atoms with E-state index in [-0.39, 0.29) is 11.8 Å². The van der Waals surface area contributed by atoms with Gasteiger partial charge in [-0.1, -0.05) is 13.8 Å². The van der Waals surface area contributed by atoms with Gasteiger partial charge in [-0.05, 0) is 38.3 Å². The van der Waals surface area contributed by atoms with Crippen molar-refractivity contribution in [3.05, 3.63) is 35.3 Å². The lowest BCUT2D eigenvalue weighted by atomic mass is 10.0. The van der Waals surface area contributed by atoms with Gasteiger partial charge in [-0.2, -0.15) is 5.10 Å². The van der Waals surface area contributed by atoms with Gasteiger partial charge >= 0.3 is 0 Å². The molecule has 1 atom stereocenters. The average Bonchev–Trinajstić information content (AvgIpc) is 3.01. The monoisotopic (exact) mass is 318 g/mol. The largest absolute Gasteiger partial charge is 0.393 e. The number of carbonyl (C=O) groups excluding carboxylic acids is 1. The molecule has 0 fully saturated rings. The molecule has 0 radical (unpaired) electrons. The number of aryl methyl sites for hydroxylation is 3. The highest BCUT2D eigenvalue weighted by Gasteiger charge is 2.20. The average molecular weight is 318 g/mol. The molecule has 2 aromatic heterocycles. The molecule has 126 valence electrons. The number of hydrogen-bond donors (Lipinski definition) is 2. The first-order valence-corrected chi connectivity index (χ1v) is 7.96. The molecule has 0 aliphatic heterocycles. The van der Waals surface area contributed by atoms with Crippen LogP contribution in [0.25, 0.3) is 5.82 Å². The first-order valence-electron chi connectivity index (χ1n) is 7.96. The molecule has 23 heavy (non-hydrogen) atoms. The van der Waals surface area contributed by atoms with E-state index in [1.54, 1.807) is 10.9 Å². The topological polar surface area (TPSA) is 72.1 Å². The summed E-state index contributed by atoms with van der Waals surface area (Å²) in [6, 6.07) is 4.03. The van der Waals surface area contributed by atoms with Gasteiger partial charge < -0.3 is 15.0 Å². The lowest BCUT2D eigenvalue weighted by Gasteiger charge is -2.15. The molecular formula is C17H26N4O2. The van der Waals surface area contributed by atoms with Gasteiger partial charge in [0.1, 0.15) is 11.4 Å². The number of aliphatic hydroxyl groups excluding tert-OH is 1. The highest BCUT2D eigenvalue weighted by atomic mass is 16.3. The van der Waals surface area contributed by atoms with Crippen LogP contribution in [0.2, 0.25) is 0 Å². The third-order valence-electron chi connectivity index (χ3n) is 4.13. The molecule has 6 heteroatoms. The normalized spacial score (nSPS) is 12.7. The van der Waals surface area contributed by atoms with Gasteiger partial charge in [-0.3, -0.25) is 9.48 Å². The SMILES string of the molecule is Cc1ccc(C)n1-c1c(C(=O)NCCC(O)C(C)C)cnn1C. The Labute approximate surface area is 137 Å². The van der Waals surface area contributed by atoms with E-state index in [4.69, 9.17) is 0 Å². The fourth-order valence-corrected chi connectivity index (χ4v) is 2.62. The molecule has 0 spiro atoms. The van der Waals surface area contributed by atoms with Gasteiger partial charge in [-0.25, -0.2) is 0 Å². The summed E-state index contributed by atoms with van der Waals surface area (Å²) < 4.78 is 3.72. The lowest BCUT2D eigenvalue weighted by molar-refractivity contribution is 0.0920. The molecule has 2 heterocycles. The maximum Gasteiger partial charge on any atom is 0.256 e. The minimum absolute atomic E-state index is 0.170. The van der Waals surface area contributed by atoms with Gasteiger partial charge in [0.2, 0.25) is 0 Å². The van der Waals surface area contributed by atoms with Crippen molar-refractivity contribution in [3.63, 3.8) is 0 Å². The minimum atomic E-state index is -0.405. The number of hydrogen-bond acceptors (Lipinski definition) is 3. The minimum Gasteiger partial charge on any atom is -0.393 e. The lowest BCUT2D eigenvalue weighted by Crippen LogP contribution is -2.29. The summed E-state index contributed by atoms with van der Waals surface area (Å²) in [5.74, 6) is 0.773. The second kappa shape index (κ2) is 7.00. The molecule has 0 saturated carbocycles. The molecule has 2 aromatic rings. The maximum absolute atomic E-state index is 12.5. The van der Waals surface area contributed by atoms with Crippen molar-refractivity contribution in [3.8, 4) is 5.82 Å². The number of aliphatic hydroxyl groups is 1. The molecule has 0 aliphatic rings. The Morgan fingerprint density at radius 1 is 1.30 bits per heavy atom. The van der Waals surface area contributed by atoms with Crippen molar-refractivity contribution >= 4 is 5.91 Å². The summed E-state index contributed by atoms with van der Waals surface area (Å²) in [5, 5.41) is 16.9. The Kier molecular flexibility index (Phi) is 5.26. The summed E-state index contributed by atoms with van der Waals surface area (Å²) >= 11 is 0. The first kappa shape index (κ1) is 17.3. The predicted octanol–water partition coefficient (Wildman–Crippen LogP) is 1.96. The zero-order valence-electron chi connectivity index (χ0n) is 14.5. The number of nitrogens with zero attached hydrogens (tertiary/aromatic N) is 3. The van der Waals surface area contributed by atoms with E-state index in [1.165, 1.54) is 0 Å². The molecule has 1 amide bonds. The Morgan fingerprint density at radius 3 is 2.48 bits per heavy atom. The Hall–Kier alpha value is -2.08. The number of rotatable bonds is 6. The van der Waals surface area contributed by atoms with Crippen LogP contribution in [-0.2, 0) is 7.05 Å². The van der Waals surface area contributed by atoms with E-state index in [0.29, 0.717) is 18.5 Å². The third-order valence-corrected chi connectivity index (χ3v) is 4.13. The van der Waals surface area contributed by atoms with Crippen molar-refractivity contribution in [2.45, 2.75) is 40.2 Å². The van der Waals surface area contributed by atoms with Gasteiger partial charge in [0.25, 0.3) is 5.91 Å². The van der Waals surface area contributed by atoms with Crippen LogP contribution < -0.4 is 5.32 Å². The fraction of sp³-hybridized carbons (Fsp3) is 0.529. The molecule has 6 nitrogen and oxygen atoms in total. The number of amides is 1. The standard InChI is InChI=1S/C17H26N4O2/c1-11(2)15(22)8-9-18-16(23)14-10-19-20(5)17(14)21-12(3)6-7-13(21)4/h6-7,10-11,15,22H,8-9H2,1-5H3,(H,18,23). The molecule has 2 N–H and O–H groups in total. The van der Waals surface area contributed by atoms with E-state index < -0.39 is 6.10 Å². The zero-order valence-corrected chi connectivity index (χ0v) is 14.5. The molecule has 1 unspecified atom stereocenters. The van der Waals surface area contributed by atoms with Crippen molar-refractivity contribution in [1.82, 2.24) is 19.7 Å². The van der Waals surface area contributed by atoms with Crippen molar-refractivity contribution in [2.75, 3.05) is 6.54 Å². The van der Waals surface area contributed by atoms with Crippen molar-refractivity contribution in [1.29, 1.82) is 0 Å². The van der Waals surface area contributed by atoms with Crippen LogP contribution in [0.4, 0.5) is 0 Å². The Morgan fingerprint density at radius 2 is 1.91 bits per heavy atom. The summed E-state index contributed by atoms with van der Waals surface area (Å²) in [7, 11) is 1.83. The fourth-order valence-electron chi connectivity index (χ4n) is 2.62. The molecule has 0 aliphatic carbocycles. The zero-order chi connectivity index (χ0) is 17.1. The van der Waals surface area contributed by atoms with Crippen LogP contribution in [0.1, 0.15) is 42.0 Å². The quantitative estimate of drug-likeness (QED) is 0.855. The molecule has 0 aromatic carbocycles. The molecule has 2 rings (SSSR count). The van der Waals surface area contributed by atoms with Crippen LogP contribution >= 0.6 is 0 Å². The van der Waals surface area contributed by atoms with Crippen LogP contribution in [0, 0.1) is 19.8 Å². The van der Waals surface area contributed by atoms with Crippen molar-refractivity contribution in [2.24, 2.45) is 13.0 Å². The highest BCUT2D eigenvalue weighted by molar-refractivity contribution is 5.97. The first-order chi connectivity index (χ1) is 10.8. The van der Waals surface area contributed by atoms with Crippen LogP contribution in [0.15, 0.2) is 18.3 Å². The number of nitrogens with one attached hydrogen (secondary N) is 1. The Bertz CT molecular complexity index is 665. The van der Waals surface area contributed by atoms with E-state index >= 15 is 0 Å². The summed E-state index contributed by atoms with van der Waals surface area (Å²) in [6.07, 6.45) is 1.72. The van der Waals surface area contributed by atoms with Gasteiger partial charge in [-0.15, -0.1) is 0 Å². The van der Waals surface area contributed by atoms with Crippen LogP contribution in [0.3, 0.4) is 0 Å². The van der Waals surface area contributed by atoms with Crippen molar-refractivity contribution < 1.29 is 9.90 Å². The van der Waals surface area contributed by atoms with E-state index in [1.807, 2.05) is 51.4 Å². The smallest absolute Gasteiger partial charge is 0.256 e. The van der Waals surface area contributed by atoms with Gasteiger partial charge in [0.15, 0.2) is 0 Å². The molecule has 0 saturated heterocycles. The predicted molar refractivity (Wildman–Crippen MR) is 89.8 cm³/mol. The summed E-state index contributed by atoms with van der Waals surface area (Å²) in [6.45, 7) is 8.37. The Balaban J connectivity index is 2.17. The van der Waals surface area contributed by atoms with Gasteiger partial charge in [0, 0.05) is 25.0 Å². The number of aromatic nitrogens is 3. The van der Waals surface area contributed by atoms with Gasteiger partial charge in [0.05, 0.1) is 12.3 Å². The maximum atomic E-state index is 12.5. The van der Waals surface area contributed by atoms with E-state index in [0.717, 1.165) is 17.2 Å². The third kappa shape index (κ3) is 3.64. The summed E-state index contributed by atoms with van der Waals surface area (Å²) in [4.78, 5) is 12.5. The van der Waals surface area contributed by atoms with Crippen LogP contribution in [-0.4, -0.2) is 38.0 Å². The summed E-state index contributed by atoms with van der Waals surface area (Å²) in [5.41, 5.74) is 2.64. The highest BCUT2D eigenvalue weighted by Crippen LogP contribution is 2.19. The van der Waals surface area contributed by atoms with E-state index in [2.05, 4.69) is 10.4 Å². The van der Waals surface area contributed by atoms with Crippen LogP contribution in [0.5, 0.6) is 0 Å². The van der Waals surface area contributed by atoms with E-state index in [9.17, 15) is 9.90 Å². The second-order valence-corrected chi connectivity index (χ2v) is 6.31. The number of carbonyl (C=O) groups is 1.